The fourth-order valence-corrected chi connectivity index (χ4v) is 2.23. The van der Waals surface area contributed by atoms with Gasteiger partial charge in [0.1, 0.15) is 0 Å². The van der Waals surface area contributed by atoms with Gasteiger partial charge in [-0.25, -0.2) is 0 Å². The van der Waals surface area contributed by atoms with Crippen LogP contribution in [0.2, 0.25) is 0 Å². The summed E-state index contributed by atoms with van der Waals surface area (Å²) in [7, 11) is 0. The molecule has 0 unspecified atom stereocenters. The van der Waals surface area contributed by atoms with E-state index in [0.29, 0.717) is 6.42 Å². The molecule has 0 aliphatic rings. The van der Waals surface area contributed by atoms with Crippen molar-refractivity contribution in [3.8, 4) is 0 Å². The number of carbonyl (C=O) groups excluding carboxylic acids is 2. The first-order chi connectivity index (χ1) is 10.6. The van der Waals surface area contributed by atoms with Gasteiger partial charge < -0.3 is 11.1 Å². The van der Waals surface area contributed by atoms with E-state index in [9.17, 15) is 9.59 Å². The molecule has 2 aromatic rings. The normalized spacial score (nSPS) is 10.2. The lowest BCUT2D eigenvalue weighted by Crippen LogP contribution is -2.14. The fraction of sp³-hybridized carbons (Fsp3) is 0.222. The molecule has 0 atom stereocenters. The summed E-state index contributed by atoms with van der Waals surface area (Å²) in [5.74, 6) is -0.365. The Morgan fingerprint density at radius 2 is 1.59 bits per heavy atom. The van der Waals surface area contributed by atoms with E-state index in [2.05, 4.69) is 17.4 Å². The van der Waals surface area contributed by atoms with Crippen LogP contribution in [0, 0.1) is 0 Å². The highest BCUT2D eigenvalue weighted by molar-refractivity contribution is 5.90. The van der Waals surface area contributed by atoms with E-state index in [1.807, 2.05) is 18.2 Å². The smallest absolute Gasteiger partial charge is 0.224 e. The molecule has 2 amide bonds. The van der Waals surface area contributed by atoms with Crippen LogP contribution in [-0.2, 0) is 22.4 Å². The quantitative estimate of drug-likeness (QED) is 0.824. The highest BCUT2D eigenvalue weighted by atomic mass is 16.1. The number of nitrogens with one attached hydrogen (secondary N) is 1. The number of amides is 2. The standard InChI is InChI=1S/C18H20N2O2/c19-17(21)13-15-9-11-16(12-10-15)20-18(22)8-4-7-14-5-2-1-3-6-14/h1-3,5-6,9-12H,4,7-8,13H2,(H2,19,21)(H,20,22). The van der Waals surface area contributed by atoms with Crippen molar-refractivity contribution in [3.05, 3.63) is 65.7 Å². The number of rotatable bonds is 7. The minimum Gasteiger partial charge on any atom is -0.369 e. The Kier molecular flexibility index (Phi) is 5.72. The third-order valence-corrected chi connectivity index (χ3v) is 3.33. The van der Waals surface area contributed by atoms with Gasteiger partial charge in [-0.2, -0.15) is 0 Å². The summed E-state index contributed by atoms with van der Waals surface area (Å²) in [5.41, 5.74) is 7.96. The summed E-state index contributed by atoms with van der Waals surface area (Å²) in [5, 5.41) is 2.85. The largest absolute Gasteiger partial charge is 0.369 e. The number of anilines is 1. The molecule has 2 rings (SSSR count). The topological polar surface area (TPSA) is 72.2 Å². The zero-order valence-electron chi connectivity index (χ0n) is 12.4. The predicted molar refractivity (Wildman–Crippen MR) is 87.4 cm³/mol. The van der Waals surface area contributed by atoms with E-state index in [0.717, 1.165) is 24.1 Å². The van der Waals surface area contributed by atoms with Gasteiger partial charge in [0.2, 0.25) is 11.8 Å². The Balaban J connectivity index is 1.75. The SMILES string of the molecule is NC(=O)Cc1ccc(NC(=O)CCCc2ccccc2)cc1. The van der Waals surface area contributed by atoms with Crippen LogP contribution < -0.4 is 11.1 Å². The lowest BCUT2D eigenvalue weighted by atomic mass is 10.1. The molecule has 0 aliphatic carbocycles. The summed E-state index contributed by atoms with van der Waals surface area (Å²) in [6.45, 7) is 0. The predicted octanol–water partition coefficient (Wildman–Crippen LogP) is 2.68. The maximum atomic E-state index is 11.9. The van der Waals surface area contributed by atoms with Gasteiger partial charge in [-0.15, -0.1) is 0 Å². The Morgan fingerprint density at radius 1 is 0.909 bits per heavy atom. The average molecular weight is 296 g/mol. The molecule has 0 aliphatic heterocycles. The maximum Gasteiger partial charge on any atom is 0.224 e. The molecule has 0 fully saturated rings. The minimum absolute atomic E-state index is 0.00131. The number of carbonyl (C=O) groups is 2. The second-order valence-electron chi connectivity index (χ2n) is 5.23. The Labute approximate surface area is 130 Å². The van der Waals surface area contributed by atoms with Crippen LogP contribution >= 0.6 is 0 Å². The summed E-state index contributed by atoms with van der Waals surface area (Å²) < 4.78 is 0. The van der Waals surface area contributed by atoms with Crippen molar-refractivity contribution in [2.75, 3.05) is 5.32 Å². The van der Waals surface area contributed by atoms with E-state index in [4.69, 9.17) is 5.73 Å². The van der Waals surface area contributed by atoms with Crippen LogP contribution in [0.25, 0.3) is 0 Å². The molecule has 0 spiro atoms. The molecular weight excluding hydrogens is 276 g/mol. The van der Waals surface area contributed by atoms with Crippen LogP contribution in [0.1, 0.15) is 24.0 Å². The molecule has 4 nitrogen and oxygen atoms in total. The summed E-state index contributed by atoms with van der Waals surface area (Å²) >= 11 is 0. The van der Waals surface area contributed by atoms with Gasteiger partial charge in [0.05, 0.1) is 6.42 Å². The van der Waals surface area contributed by atoms with Crippen LogP contribution in [0.15, 0.2) is 54.6 Å². The van der Waals surface area contributed by atoms with Crippen molar-refractivity contribution < 1.29 is 9.59 Å². The molecule has 0 bridgehead atoms. The Bertz CT molecular complexity index is 621. The molecule has 0 saturated heterocycles. The zero-order chi connectivity index (χ0) is 15.8. The van der Waals surface area contributed by atoms with Crippen LogP contribution in [-0.4, -0.2) is 11.8 Å². The number of nitrogens with two attached hydrogens (primary N) is 1. The van der Waals surface area contributed by atoms with E-state index in [-0.39, 0.29) is 18.2 Å². The molecule has 0 radical (unpaired) electrons. The molecule has 114 valence electrons. The fourth-order valence-electron chi connectivity index (χ4n) is 2.23. The van der Waals surface area contributed by atoms with Crippen molar-refractivity contribution >= 4 is 17.5 Å². The van der Waals surface area contributed by atoms with Crippen LogP contribution in [0.4, 0.5) is 5.69 Å². The van der Waals surface area contributed by atoms with Gasteiger partial charge in [-0.1, -0.05) is 42.5 Å². The second kappa shape index (κ2) is 7.98. The van der Waals surface area contributed by atoms with E-state index in [1.54, 1.807) is 24.3 Å². The van der Waals surface area contributed by atoms with Crippen molar-refractivity contribution in [2.45, 2.75) is 25.7 Å². The molecule has 3 N–H and O–H groups in total. The average Bonchev–Trinajstić information content (AvgIpc) is 2.50. The lowest BCUT2D eigenvalue weighted by Gasteiger charge is -2.06. The van der Waals surface area contributed by atoms with Crippen molar-refractivity contribution in [3.63, 3.8) is 0 Å². The number of aryl methyl sites for hydroxylation is 1. The van der Waals surface area contributed by atoms with Gasteiger partial charge in [-0.05, 0) is 36.1 Å². The van der Waals surface area contributed by atoms with Crippen molar-refractivity contribution in [1.29, 1.82) is 0 Å². The zero-order valence-corrected chi connectivity index (χ0v) is 12.4. The molecule has 22 heavy (non-hydrogen) atoms. The van der Waals surface area contributed by atoms with Gasteiger partial charge in [0.15, 0.2) is 0 Å². The van der Waals surface area contributed by atoms with Gasteiger partial charge in [-0.3, -0.25) is 9.59 Å². The summed E-state index contributed by atoms with van der Waals surface area (Å²) in [6.07, 6.45) is 2.41. The lowest BCUT2D eigenvalue weighted by molar-refractivity contribution is -0.117. The second-order valence-corrected chi connectivity index (χ2v) is 5.23. The van der Waals surface area contributed by atoms with E-state index >= 15 is 0 Å². The third kappa shape index (κ3) is 5.40. The third-order valence-electron chi connectivity index (χ3n) is 3.33. The maximum absolute atomic E-state index is 11.9. The highest BCUT2D eigenvalue weighted by Gasteiger charge is 2.04. The first-order valence-corrected chi connectivity index (χ1v) is 7.34. The Hall–Kier alpha value is -2.62. The van der Waals surface area contributed by atoms with Crippen molar-refractivity contribution in [2.24, 2.45) is 5.73 Å². The molecule has 2 aromatic carbocycles. The summed E-state index contributed by atoms with van der Waals surface area (Å²) in [4.78, 5) is 22.7. The Morgan fingerprint density at radius 3 is 2.23 bits per heavy atom. The molecule has 0 saturated carbocycles. The number of primary amides is 1. The van der Waals surface area contributed by atoms with Gasteiger partial charge >= 0.3 is 0 Å². The van der Waals surface area contributed by atoms with E-state index < -0.39 is 0 Å². The van der Waals surface area contributed by atoms with Crippen LogP contribution in [0.3, 0.4) is 0 Å². The highest BCUT2D eigenvalue weighted by Crippen LogP contribution is 2.11. The first-order valence-electron chi connectivity index (χ1n) is 7.34. The molecule has 4 heteroatoms. The number of benzene rings is 2. The minimum atomic E-state index is -0.363. The molecule has 0 aromatic heterocycles. The first kappa shape index (κ1) is 15.8. The number of hydrogen-bond acceptors (Lipinski definition) is 2. The summed E-state index contributed by atoms with van der Waals surface area (Å²) in [6, 6.07) is 17.3. The number of hydrogen-bond donors (Lipinski definition) is 2. The molecular formula is C18H20N2O2. The van der Waals surface area contributed by atoms with Crippen LogP contribution in [0.5, 0.6) is 0 Å². The van der Waals surface area contributed by atoms with E-state index in [1.165, 1.54) is 5.56 Å². The monoisotopic (exact) mass is 296 g/mol. The molecule has 0 heterocycles. The van der Waals surface area contributed by atoms with Gasteiger partial charge in [0, 0.05) is 12.1 Å². The van der Waals surface area contributed by atoms with Gasteiger partial charge in [0.25, 0.3) is 0 Å². The van der Waals surface area contributed by atoms with Crippen molar-refractivity contribution in [1.82, 2.24) is 0 Å².